The number of carbonyl (C=O) groups is 2. The third-order valence-corrected chi connectivity index (χ3v) is 5.35. The van der Waals surface area contributed by atoms with Gasteiger partial charge in [0.2, 0.25) is 5.91 Å². The largest absolute Gasteiger partial charge is 0.497 e. The summed E-state index contributed by atoms with van der Waals surface area (Å²) in [6.45, 7) is 7.74. The second-order valence-electron chi connectivity index (χ2n) is 6.53. The van der Waals surface area contributed by atoms with Gasteiger partial charge in [-0.1, -0.05) is 6.58 Å². The minimum Gasteiger partial charge on any atom is -0.497 e. The highest BCUT2D eigenvalue weighted by molar-refractivity contribution is 7.15. The van der Waals surface area contributed by atoms with E-state index in [1.807, 2.05) is 0 Å². The molecule has 8 nitrogen and oxygen atoms in total. The van der Waals surface area contributed by atoms with Gasteiger partial charge < -0.3 is 9.47 Å². The van der Waals surface area contributed by atoms with E-state index in [-0.39, 0.29) is 18.4 Å². The van der Waals surface area contributed by atoms with Gasteiger partial charge in [-0.05, 0) is 30.3 Å². The summed E-state index contributed by atoms with van der Waals surface area (Å²) in [7, 11) is 1.59. The average molecular weight is 417 g/mol. The molecule has 1 aromatic carbocycles. The number of hydrogen-bond donors (Lipinski definition) is 1. The van der Waals surface area contributed by atoms with Crippen molar-refractivity contribution in [2.75, 3.05) is 45.2 Å². The Balaban J connectivity index is 1.40. The summed E-state index contributed by atoms with van der Waals surface area (Å²) in [5.41, 5.74) is 0. The third kappa shape index (κ3) is 6.38. The number of esters is 1. The van der Waals surface area contributed by atoms with Crippen LogP contribution in [0.3, 0.4) is 0 Å². The minimum atomic E-state index is -0.270. The zero-order valence-electron chi connectivity index (χ0n) is 16.3. The van der Waals surface area contributed by atoms with Crippen molar-refractivity contribution in [3.05, 3.63) is 48.0 Å². The Morgan fingerprint density at radius 3 is 2.48 bits per heavy atom. The number of carbonyl (C=O) groups excluding carboxylic acids is 2. The monoisotopic (exact) mass is 416 g/mol. The standard InChI is InChI=1S/C20H24N4O4S/c1-3-18(25)22-20-21-12-17(29-20)13-23-8-10-24(11-9-23)14-19(26)28-16-6-4-15(27-2)5-7-16/h3-7,12H,1,8-11,13-14H2,2H3,(H,21,22,25). The summed E-state index contributed by atoms with van der Waals surface area (Å²) in [4.78, 5) is 33.2. The highest BCUT2D eigenvalue weighted by Crippen LogP contribution is 2.21. The number of piperazine rings is 1. The van der Waals surface area contributed by atoms with Gasteiger partial charge >= 0.3 is 5.97 Å². The predicted octanol–water partition coefficient (Wildman–Crippen LogP) is 2.00. The number of rotatable bonds is 8. The van der Waals surface area contributed by atoms with Crippen LogP contribution in [-0.2, 0) is 16.1 Å². The van der Waals surface area contributed by atoms with Crippen molar-refractivity contribution in [3.8, 4) is 11.5 Å². The fourth-order valence-corrected chi connectivity index (χ4v) is 3.77. The maximum Gasteiger partial charge on any atom is 0.325 e. The summed E-state index contributed by atoms with van der Waals surface area (Å²) < 4.78 is 10.5. The number of nitrogens with zero attached hydrogens (tertiary/aromatic N) is 3. The molecule has 1 aliphatic rings. The van der Waals surface area contributed by atoms with Crippen LogP contribution in [0.1, 0.15) is 4.88 Å². The van der Waals surface area contributed by atoms with Gasteiger partial charge in [0.05, 0.1) is 13.7 Å². The second-order valence-corrected chi connectivity index (χ2v) is 7.64. The van der Waals surface area contributed by atoms with Crippen LogP contribution in [0.25, 0.3) is 0 Å². The first-order chi connectivity index (χ1) is 14.1. The lowest BCUT2D eigenvalue weighted by Gasteiger charge is -2.33. The van der Waals surface area contributed by atoms with Crippen LogP contribution in [0.5, 0.6) is 11.5 Å². The summed E-state index contributed by atoms with van der Waals surface area (Å²) in [6.07, 6.45) is 3.00. The molecule has 1 saturated heterocycles. The van der Waals surface area contributed by atoms with E-state index < -0.39 is 0 Å². The fourth-order valence-electron chi connectivity index (χ4n) is 2.91. The van der Waals surface area contributed by atoms with Gasteiger partial charge in [-0.25, -0.2) is 4.98 Å². The van der Waals surface area contributed by atoms with E-state index in [4.69, 9.17) is 9.47 Å². The Kier molecular flexibility index (Phi) is 7.34. The lowest BCUT2D eigenvalue weighted by molar-refractivity contribution is -0.136. The molecule has 0 spiro atoms. The first-order valence-corrected chi connectivity index (χ1v) is 10.0. The van der Waals surface area contributed by atoms with E-state index in [1.165, 1.54) is 17.4 Å². The normalized spacial score (nSPS) is 14.9. The van der Waals surface area contributed by atoms with Gasteiger partial charge in [0, 0.05) is 43.8 Å². The van der Waals surface area contributed by atoms with Crippen molar-refractivity contribution in [1.29, 1.82) is 0 Å². The van der Waals surface area contributed by atoms with Gasteiger partial charge in [-0.15, -0.1) is 11.3 Å². The van der Waals surface area contributed by atoms with Crippen molar-refractivity contribution >= 4 is 28.3 Å². The number of methoxy groups -OCH3 is 1. The molecule has 3 rings (SSSR count). The smallest absolute Gasteiger partial charge is 0.325 e. The Bertz CT molecular complexity index is 844. The van der Waals surface area contributed by atoms with Crippen LogP contribution in [0.15, 0.2) is 43.1 Å². The molecule has 1 aliphatic heterocycles. The predicted molar refractivity (Wildman–Crippen MR) is 111 cm³/mol. The van der Waals surface area contributed by atoms with Crippen LogP contribution >= 0.6 is 11.3 Å². The quantitative estimate of drug-likeness (QED) is 0.400. The van der Waals surface area contributed by atoms with E-state index in [9.17, 15) is 9.59 Å². The van der Waals surface area contributed by atoms with Gasteiger partial charge in [0.25, 0.3) is 0 Å². The molecule has 1 amide bonds. The molecule has 0 saturated carbocycles. The zero-order valence-corrected chi connectivity index (χ0v) is 17.1. The molecule has 1 N–H and O–H groups in total. The lowest BCUT2D eigenvalue weighted by atomic mass is 10.3. The van der Waals surface area contributed by atoms with E-state index in [0.717, 1.165) is 43.4 Å². The average Bonchev–Trinajstić information content (AvgIpc) is 3.16. The van der Waals surface area contributed by atoms with Crippen LogP contribution in [0, 0.1) is 0 Å². The molecule has 1 fully saturated rings. The van der Waals surface area contributed by atoms with Crippen LogP contribution in [-0.4, -0.2) is 66.5 Å². The molecule has 9 heteroatoms. The van der Waals surface area contributed by atoms with Crippen LogP contribution < -0.4 is 14.8 Å². The molecular formula is C20H24N4O4S. The summed E-state index contributed by atoms with van der Waals surface area (Å²) in [5, 5.41) is 3.24. The van der Waals surface area contributed by atoms with Crippen molar-refractivity contribution in [3.63, 3.8) is 0 Å². The fraction of sp³-hybridized carbons (Fsp3) is 0.350. The van der Waals surface area contributed by atoms with Gasteiger partial charge in [-0.2, -0.15) is 0 Å². The Hall–Kier alpha value is -2.75. The van der Waals surface area contributed by atoms with Gasteiger partial charge in [-0.3, -0.25) is 24.7 Å². The topological polar surface area (TPSA) is 84.0 Å². The van der Waals surface area contributed by atoms with Gasteiger partial charge in [0.15, 0.2) is 5.13 Å². The van der Waals surface area contributed by atoms with Crippen LogP contribution in [0.4, 0.5) is 5.13 Å². The maximum absolute atomic E-state index is 12.2. The number of hydrogen-bond acceptors (Lipinski definition) is 8. The number of anilines is 1. The first kappa shape index (κ1) is 21.0. The van der Waals surface area contributed by atoms with Crippen molar-refractivity contribution in [1.82, 2.24) is 14.8 Å². The third-order valence-electron chi connectivity index (χ3n) is 4.46. The first-order valence-electron chi connectivity index (χ1n) is 9.23. The van der Waals surface area contributed by atoms with E-state index in [1.54, 1.807) is 37.6 Å². The highest BCUT2D eigenvalue weighted by atomic mass is 32.1. The number of amides is 1. The molecule has 0 aliphatic carbocycles. The molecule has 29 heavy (non-hydrogen) atoms. The number of benzene rings is 1. The summed E-state index contributed by atoms with van der Waals surface area (Å²) >= 11 is 1.46. The molecule has 0 unspecified atom stereocenters. The molecule has 1 aromatic heterocycles. The number of ether oxygens (including phenoxy) is 2. The van der Waals surface area contributed by atoms with E-state index in [0.29, 0.717) is 10.9 Å². The van der Waals surface area contributed by atoms with Crippen molar-refractivity contribution in [2.45, 2.75) is 6.54 Å². The molecule has 154 valence electrons. The Morgan fingerprint density at radius 2 is 1.83 bits per heavy atom. The molecule has 2 heterocycles. The van der Waals surface area contributed by atoms with Crippen LogP contribution in [0.2, 0.25) is 0 Å². The minimum absolute atomic E-state index is 0.262. The summed E-state index contributed by atoms with van der Waals surface area (Å²) in [5.74, 6) is 0.700. The molecule has 0 bridgehead atoms. The molecule has 0 radical (unpaired) electrons. The SMILES string of the molecule is C=CC(=O)Nc1ncc(CN2CCN(CC(=O)Oc3ccc(OC)cc3)CC2)s1. The number of aromatic nitrogens is 1. The lowest BCUT2D eigenvalue weighted by Crippen LogP contribution is -2.47. The zero-order chi connectivity index (χ0) is 20.6. The maximum atomic E-state index is 12.2. The van der Waals surface area contributed by atoms with Crippen molar-refractivity contribution < 1.29 is 19.1 Å². The second kappa shape index (κ2) is 10.1. The summed E-state index contributed by atoms with van der Waals surface area (Å²) in [6, 6.07) is 6.95. The number of thiazole rings is 1. The molecule has 2 aromatic rings. The molecule has 0 atom stereocenters. The van der Waals surface area contributed by atoms with Gasteiger partial charge in [0.1, 0.15) is 11.5 Å². The molecular weight excluding hydrogens is 392 g/mol. The van der Waals surface area contributed by atoms with E-state index in [2.05, 4.69) is 26.7 Å². The Labute approximate surface area is 173 Å². The number of nitrogens with one attached hydrogen (secondary N) is 1. The van der Waals surface area contributed by atoms with E-state index >= 15 is 0 Å². The van der Waals surface area contributed by atoms with Crippen molar-refractivity contribution in [2.24, 2.45) is 0 Å². The highest BCUT2D eigenvalue weighted by Gasteiger charge is 2.20. The Morgan fingerprint density at radius 1 is 1.17 bits per heavy atom.